The second-order valence-corrected chi connectivity index (χ2v) is 6.88. The van der Waals surface area contributed by atoms with Crippen molar-refractivity contribution in [2.75, 3.05) is 18.6 Å². The van der Waals surface area contributed by atoms with Gasteiger partial charge in [0.1, 0.15) is 17.6 Å². The number of hydrogen-bond donors (Lipinski definition) is 1. The second kappa shape index (κ2) is 7.34. The lowest BCUT2D eigenvalue weighted by atomic mass is 10.0. The van der Waals surface area contributed by atoms with Gasteiger partial charge < -0.3 is 19.4 Å². The van der Waals surface area contributed by atoms with Gasteiger partial charge in [-0.15, -0.1) is 0 Å². The normalized spacial score (nSPS) is 17.0. The van der Waals surface area contributed by atoms with E-state index in [1.165, 1.54) is 0 Å². The molecule has 4 rings (SSSR count). The number of amides is 2. The van der Waals surface area contributed by atoms with Crippen molar-refractivity contribution in [3.8, 4) is 5.75 Å². The number of nitrogens with one attached hydrogen (secondary N) is 1. The van der Waals surface area contributed by atoms with Gasteiger partial charge in [-0.2, -0.15) is 0 Å². The highest BCUT2D eigenvalue weighted by molar-refractivity contribution is 6.03. The fraction of sp³-hybridized carbons (Fsp3) is 0.286. The molecule has 1 N–H and O–H groups in total. The lowest BCUT2D eigenvalue weighted by Gasteiger charge is -2.32. The summed E-state index contributed by atoms with van der Waals surface area (Å²) in [7, 11) is 1.60. The van der Waals surface area contributed by atoms with Crippen LogP contribution in [0, 0.1) is 6.92 Å². The summed E-state index contributed by atoms with van der Waals surface area (Å²) in [4.78, 5) is 31.7. The van der Waals surface area contributed by atoms with Gasteiger partial charge in [-0.25, -0.2) is 4.98 Å². The molecule has 3 heterocycles. The Labute approximate surface area is 162 Å². The summed E-state index contributed by atoms with van der Waals surface area (Å²) in [6, 6.07) is 10.4. The highest BCUT2D eigenvalue weighted by Gasteiger charge is 2.31. The van der Waals surface area contributed by atoms with Gasteiger partial charge in [-0.3, -0.25) is 9.59 Å². The number of carbonyl (C=O) groups excluding carboxylic acids is 2. The number of carbonyl (C=O) groups is 2. The van der Waals surface area contributed by atoms with Crippen molar-refractivity contribution in [1.29, 1.82) is 0 Å². The summed E-state index contributed by atoms with van der Waals surface area (Å²) in [5, 5.41) is 2.89. The van der Waals surface area contributed by atoms with Gasteiger partial charge in [-0.1, -0.05) is 6.07 Å². The molecule has 1 aromatic carbocycles. The number of hydrogen-bond acceptors (Lipinski definition) is 4. The SMILES string of the molecule is COc1cccc(N2CCCC(NC(=O)c3ccc4cnc(C)n4c3)C2=O)c1. The van der Waals surface area contributed by atoms with Crippen LogP contribution in [0.5, 0.6) is 5.75 Å². The van der Waals surface area contributed by atoms with Crippen LogP contribution in [0.2, 0.25) is 0 Å². The number of aromatic nitrogens is 2. The van der Waals surface area contributed by atoms with Gasteiger partial charge in [-0.05, 0) is 44.0 Å². The molecule has 1 saturated heterocycles. The first-order chi connectivity index (χ1) is 13.6. The highest BCUT2D eigenvalue weighted by Crippen LogP contribution is 2.25. The number of rotatable bonds is 4. The van der Waals surface area contributed by atoms with Crippen LogP contribution in [0.25, 0.3) is 5.52 Å². The molecule has 0 saturated carbocycles. The van der Waals surface area contributed by atoms with E-state index in [1.54, 1.807) is 30.5 Å². The Morgan fingerprint density at radius 1 is 1.29 bits per heavy atom. The molecule has 7 nitrogen and oxygen atoms in total. The van der Waals surface area contributed by atoms with Gasteiger partial charge in [0.05, 0.1) is 24.4 Å². The lowest BCUT2D eigenvalue weighted by Crippen LogP contribution is -2.52. The second-order valence-electron chi connectivity index (χ2n) is 6.88. The molecule has 0 bridgehead atoms. The van der Waals surface area contributed by atoms with Gasteiger partial charge in [0.25, 0.3) is 5.91 Å². The van der Waals surface area contributed by atoms with Gasteiger partial charge >= 0.3 is 0 Å². The standard InChI is InChI=1S/C21H22N4O3/c1-14-22-12-17-9-8-15(13-25(14)17)20(26)23-19-7-4-10-24(21(19)27)16-5-3-6-18(11-16)28-2/h3,5-6,8-9,11-13,19H,4,7,10H2,1-2H3,(H,23,26). The molecule has 2 amide bonds. The molecule has 2 aromatic heterocycles. The molecule has 1 aliphatic heterocycles. The third-order valence-electron chi connectivity index (χ3n) is 5.08. The Bertz CT molecular complexity index is 1040. The van der Waals surface area contributed by atoms with E-state index in [0.29, 0.717) is 24.3 Å². The predicted molar refractivity (Wildman–Crippen MR) is 106 cm³/mol. The van der Waals surface area contributed by atoms with Crippen molar-refractivity contribution in [2.24, 2.45) is 0 Å². The first-order valence-corrected chi connectivity index (χ1v) is 9.27. The first-order valence-electron chi connectivity index (χ1n) is 9.27. The molecule has 1 unspecified atom stereocenters. The smallest absolute Gasteiger partial charge is 0.253 e. The van der Waals surface area contributed by atoms with Crippen molar-refractivity contribution < 1.29 is 14.3 Å². The zero-order valence-corrected chi connectivity index (χ0v) is 15.9. The van der Waals surface area contributed by atoms with Crippen LogP contribution < -0.4 is 15.0 Å². The number of nitrogens with zero attached hydrogens (tertiary/aromatic N) is 3. The van der Waals surface area contributed by atoms with E-state index in [1.807, 2.05) is 41.7 Å². The largest absolute Gasteiger partial charge is 0.497 e. The highest BCUT2D eigenvalue weighted by atomic mass is 16.5. The van der Waals surface area contributed by atoms with E-state index < -0.39 is 6.04 Å². The van der Waals surface area contributed by atoms with Crippen molar-refractivity contribution in [1.82, 2.24) is 14.7 Å². The number of aryl methyl sites for hydroxylation is 1. The van der Waals surface area contributed by atoms with Crippen LogP contribution in [0.3, 0.4) is 0 Å². The Morgan fingerprint density at radius 2 is 2.14 bits per heavy atom. The van der Waals surface area contributed by atoms with Crippen molar-refractivity contribution in [3.05, 3.63) is 60.2 Å². The zero-order chi connectivity index (χ0) is 19.7. The number of fused-ring (bicyclic) bond motifs is 1. The molecular weight excluding hydrogens is 356 g/mol. The van der Waals surface area contributed by atoms with E-state index in [0.717, 1.165) is 23.4 Å². The van der Waals surface area contributed by atoms with Gasteiger partial charge in [0.2, 0.25) is 5.91 Å². The molecule has 0 radical (unpaired) electrons. The van der Waals surface area contributed by atoms with Gasteiger partial charge in [0.15, 0.2) is 0 Å². The fourth-order valence-corrected chi connectivity index (χ4v) is 3.54. The predicted octanol–water partition coefficient (Wildman–Crippen LogP) is 2.58. The summed E-state index contributed by atoms with van der Waals surface area (Å²) in [5.41, 5.74) is 2.20. The molecular formula is C21H22N4O3. The maximum Gasteiger partial charge on any atom is 0.253 e. The van der Waals surface area contributed by atoms with Crippen LogP contribution in [-0.2, 0) is 4.79 Å². The lowest BCUT2D eigenvalue weighted by molar-refractivity contribution is -0.121. The molecule has 144 valence electrons. The molecule has 7 heteroatoms. The molecule has 0 aliphatic carbocycles. The first kappa shape index (κ1) is 18.0. The Balaban J connectivity index is 1.52. The third-order valence-corrected chi connectivity index (χ3v) is 5.08. The number of imidazole rings is 1. The number of benzene rings is 1. The number of piperidine rings is 1. The van der Waals surface area contributed by atoms with Crippen LogP contribution >= 0.6 is 0 Å². The van der Waals surface area contributed by atoms with Crippen LogP contribution in [-0.4, -0.2) is 40.9 Å². The topological polar surface area (TPSA) is 75.9 Å². The van der Waals surface area contributed by atoms with E-state index >= 15 is 0 Å². The average molecular weight is 378 g/mol. The van der Waals surface area contributed by atoms with Crippen LogP contribution in [0.15, 0.2) is 48.8 Å². The van der Waals surface area contributed by atoms with Crippen molar-refractivity contribution >= 4 is 23.0 Å². The van der Waals surface area contributed by atoms with E-state index in [9.17, 15) is 9.59 Å². The van der Waals surface area contributed by atoms with Crippen molar-refractivity contribution in [2.45, 2.75) is 25.8 Å². The summed E-state index contributed by atoms with van der Waals surface area (Å²) in [5.74, 6) is 1.14. The summed E-state index contributed by atoms with van der Waals surface area (Å²) in [6.07, 6.45) is 4.94. The molecule has 28 heavy (non-hydrogen) atoms. The van der Waals surface area contributed by atoms with E-state index in [4.69, 9.17) is 4.74 Å². The molecule has 1 atom stereocenters. The Kier molecular flexibility index (Phi) is 4.73. The van der Waals surface area contributed by atoms with Gasteiger partial charge in [0, 0.05) is 24.5 Å². The van der Waals surface area contributed by atoms with E-state index in [-0.39, 0.29) is 11.8 Å². The number of ether oxygens (including phenoxy) is 1. The molecule has 3 aromatic rings. The third kappa shape index (κ3) is 3.31. The molecule has 1 aliphatic rings. The van der Waals surface area contributed by atoms with Crippen molar-refractivity contribution in [3.63, 3.8) is 0 Å². The maximum absolute atomic E-state index is 13.0. The fourth-order valence-electron chi connectivity index (χ4n) is 3.54. The van der Waals surface area contributed by atoms with Crippen LogP contribution in [0.4, 0.5) is 5.69 Å². The zero-order valence-electron chi connectivity index (χ0n) is 15.9. The summed E-state index contributed by atoms with van der Waals surface area (Å²) >= 11 is 0. The maximum atomic E-state index is 13.0. The molecule has 0 spiro atoms. The monoisotopic (exact) mass is 378 g/mol. The quantitative estimate of drug-likeness (QED) is 0.757. The minimum Gasteiger partial charge on any atom is -0.497 e. The van der Waals surface area contributed by atoms with E-state index in [2.05, 4.69) is 10.3 Å². The van der Waals surface area contributed by atoms with Crippen LogP contribution in [0.1, 0.15) is 29.0 Å². The summed E-state index contributed by atoms with van der Waals surface area (Å²) < 4.78 is 7.11. The minimum absolute atomic E-state index is 0.104. The average Bonchev–Trinajstić information content (AvgIpc) is 3.10. The minimum atomic E-state index is -0.549. The Hall–Kier alpha value is -3.35. The Morgan fingerprint density at radius 3 is 2.96 bits per heavy atom. The number of methoxy groups -OCH3 is 1. The number of pyridine rings is 1. The molecule has 1 fully saturated rings. The summed E-state index contributed by atoms with van der Waals surface area (Å²) in [6.45, 7) is 2.50. The number of anilines is 1.